The topological polar surface area (TPSA) is 141 Å². The summed E-state index contributed by atoms with van der Waals surface area (Å²) >= 11 is 0. The van der Waals surface area contributed by atoms with E-state index in [0.717, 1.165) is 38.9 Å². The molecule has 0 bridgehead atoms. The van der Waals surface area contributed by atoms with Crippen LogP contribution in [0.1, 0.15) is 38.9 Å². The highest BCUT2D eigenvalue weighted by molar-refractivity contribution is 5.19. The van der Waals surface area contributed by atoms with E-state index < -0.39 is 61.3 Å². The first kappa shape index (κ1) is 52.3. The van der Waals surface area contributed by atoms with E-state index in [1.165, 1.54) is 0 Å². The minimum absolute atomic E-state index is 0.0784. The number of ether oxygens (including phenoxy) is 10. The number of hydrogen-bond donors (Lipinski definition) is 0. The Balaban J connectivity index is 1.10. The maximum absolute atomic E-state index is 10.4. The molecule has 74 heavy (non-hydrogen) atoms. The summed E-state index contributed by atoms with van der Waals surface area (Å²) in [5.41, 5.74) is 17.1. The van der Waals surface area contributed by atoms with Crippen molar-refractivity contribution >= 4 is 0 Å². The van der Waals surface area contributed by atoms with Crippen LogP contribution in [0, 0.1) is 0 Å². The second-order valence-corrected chi connectivity index (χ2v) is 18.2. The van der Waals surface area contributed by atoms with Gasteiger partial charge in [-0.2, -0.15) is 0 Å². The zero-order valence-electron chi connectivity index (χ0n) is 41.3. The highest BCUT2D eigenvalue weighted by atomic mass is 16.8. The van der Waals surface area contributed by atoms with Gasteiger partial charge in [0, 0.05) is 4.91 Å². The number of azide groups is 1. The summed E-state index contributed by atoms with van der Waals surface area (Å²) in [5.74, 6) is 0. The third-order valence-corrected chi connectivity index (χ3v) is 12.9. The number of rotatable bonds is 26. The van der Waals surface area contributed by atoms with Gasteiger partial charge in [-0.25, -0.2) is 0 Å². The smallest absolute Gasteiger partial charge is 0.187 e. The van der Waals surface area contributed by atoms with Crippen molar-refractivity contribution in [1.29, 1.82) is 0 Å². The van der Waals surface area contributed by atoms with E-state index in [1.807, 2.05) is 212 Å². The van der Waals surface area contributed by atoms with Crippen LogP contribution < -0.4 is 0 Å². The second kappa shape index (κ2) is 28.2. The van der Waals surface area contributed by atoms with E-state index in [9.17, 15) is 5.53 Å². The molecule has 2 heterocycles. The maximum atomic E-state index is 10.4. The Hall–Kier alpha value is -6.55. The molecule has 0 spiro atoms. The van der Waals surface area contributed by atoms with Crippen molar-refractivity contribution in [2.24, 2.45) is 5.11 Å². The van der Waals surface area contributed by atoms with Gasteiger partial charge < -0.3 is 47.4 Å². The molecule has 9 rings (SSSR count). The molecule has 2 aliphatic heterocycles. The van der Waals surface area contributed by atoms with Gasteiger partial charge in [-0.05, 0) is 44.5 Å². The fourth-order valence-corrected chi connectivity index (χ4v) is 9.10. The quantitative estimate of drug-likeness (QED) is 0.0292. The van der Waals surface area contributed by atoms with Gasteiger partial charge in [-0.15, -0.1) is 0 Å². The Kier molecular flexibility index (Phi) is 19.9. The monoisotopic (exact) mass is 997 g/mol. The average Bonchev–Trinajstić information content (AvgIpc) is 3.46. The summed E-state index contributed by atoms with van der Waals surface area (Å²) in [4.78, 5) is 3.39. The van der Waals surface area contributed by atoms with Crippen LogP contribution in [0.3, 0.4) is 0 Å². The molecule has 13 nitrogen and oxygen atoms in total. The van der Waals surface area contributed by atoms with Gasteiger partial charge in [0.05, 0.1) is 59.5 Å². The Morgan fingerprint density at radius 3 is 1.00 bits per heavy atom. The van der Waals surface area contributed by atoms with Gasteiger partial charge in [0.2, 0.25) is 0 Å². The number of benzene rings is 7. The molecule has 7 aromatic carbocycles. The summed E-state index contributed by atoms with van der Waals surface area (Å²) in [5, 5.41) is 4.42. The van der Waals surface area contributed by atoms with Crippen molar-refractivity contribution < 1.29 is 47.4 Å². The Bertz CT molecular complexity index is 2690. The van der Waals surface area contributed by atoms with Gasteiger partial charge in [0.1, 0.15) is 48.8 Å². The lowest BCUT2D eigenvalue weighted by Gasteiger charge is -2.49. The van der Waals surface area contributed by atoms with E-state index in [2.05, 4.69) is 10.0 Å². The molecule has 0 unspecified atom stereocenters. The summed E-state index contributed by atoms with van der Waals surface area (Å²) < 4.78 is 68.8. The van der Waals surface area contributed by atoms with E-state index in [1.54, 1.807) is 0 Å². The lowest BCUT2D eigenvalue weighted by Crippen LogP contribution is -2.65. The molecule has 0 saturated carbocycles. The minimum atomic E-state index is -1.27. The third kappa shape index (κ3) is 15.3. The maximum Gasteiger partial charge on any atom is 0.187 e. The molecule has 0 radical (unpaired) electrons. The zero-order valence-corrected chi connectivity index (χ0v) is 41.3. The molecule has 7 aromatic rings. The van der Waals surface area contributed by atoms with Gasteiger partial charge in [-0.1, -0.05) is 217 Å². The fraction of sp³-hybridized carbons (Fsp3) is 0.311. The predicted octanol–water partition coefficient (Wildman–Crippen LogP) is 11.5. The largest absolute Gasteiger partial charge is 0.374 e. The fourth-order valence-electron chi connectivity index (χ4n) is 9.10. The van der Waals surface area contributed by atoms with Crippen molar-refractivity contribution in [3.63, 3.8) is 0 Å². The molecule has 2 saturated heterocycles. The molecule has 0 amide bonds. The summed E-state index contributed by atoms with van der Waals surface area (Å²) in [6.07, 6.45) is -8.27. The molecule has 0 aliphatic carbocycles. The number of nitrogens with zero attached hydrogens (tertiary/aromatic N) is 3. The lowest BCUT2D eigenvalue weighted by atomic mass is 9.95. The third-order valence-electron chi connectivity index (χ3n) is 12.9. The average molecular weight is 998 g/mol. The van der Waals surface area contributed by atoms with E-state index >= 15 is 0 Å². The van der Waals surface area contributed by atoms with Crippen LogP contribution in [-0.2, 0) is 93.6 Å². The van der Waals surface area contributed by atoms with Crippen molar-refractivity contribution in [2.75, 3.05) is 13.2 Å². The van der Waals surface area contributed by atoms with Crippen LogP contribution in [0.25, 0.3) is 10.4 Å². The van der Waals surface area contributed by atoms with Crippen LogP contribution in [0.15, 0.2) is 217 Å². The first-order chi connectivity index (χ1) is 36.7. The summed E-state index contributed by atoms with van der Waals surface area (Å²) in [7, 11) is 0. The highest BCUT2D eigenvalue weighted by Crippen LogP contribution is 2.37. The van der Waals surface area contributed by atoms with Crippen molar-refractivity contribution in [1.82, 2.24) is 0 Å². The van der Waals surface area contributed by atoms with Crippen molar-refractivity contribution in [3.8, 4) is 0 Å². The normalized spacial score (nSPS) is 23.7. The zero-order chi connectivity index (χ0) is 50.4. The molecule has 382 valence electrons. The predicted molar refractivity (Wildman–Crippen MR) is 279 cm³/mol. The first-order valence-electron chi connectivity index (χ1n) is 25.2. The van der Waals surface area contributed by atoms with Crippen molar-refractivity contribution in [3.05, 3.63) is 262 Å². The van der Waals surface area contributed by atoms with Crippen LogP contribution in [0.2, 0.25) is 0 Å². The van der Waals surface area contributed by atoms with Crippen LogP contribution in [0.4, 0.5) is 0 Å². The van der Waals surface area contributed by atoms with Gasteiger partial charge in [0.15, 0.2) is 12.6 Å². The SMILES string of the molecule is [N-]=[N+]=N[C@@H]1[C@H](O[C@H]2[C@H](OCc3ccccc3)O[C@H](COCc3ccccc3)[C@@H](OCc3ccccc3)[C@@H]2OCc2ccccc2)O[C@H](COCc2ccccc2)[C@@H](OCc2ccccc2)[C@@H]1OCc1ccccc1. The van der Waals surface area contributed by atoms with Gasteiger partial charge >= 0.3 is 0 Å². The highest BCUT2D eigenvalue weighted by Gasteiger charge is 2.54. The van der Waals surface area contributed by atoms with Crippen molar-refractivity contribution in [2.45, 2.75) is 108 Å². The molecule has 0 N–H and O–H groups in total. The molecule has 2 aliphatic rings. The molecule has 13 heteroatoms. The van der Waals surface area contributed by atoms with E-state index in [4.69, 9.17) is 47.4 Å². The van der Waals surface area contributed by atoms with Crippen LogP contribution in [-0.4, -0.2) is 74.6 Å². The Labute approximate surface area is 433 Å². The Morgan fingerprint density at radius 1 is 0.338 bits per heavy atom. The molecular formula is C61H63N3O10. The standard InChI is InChI=1S/C61H63N3O10/c62-64-63-54-57(69-40-49-30-16-5-17-31-49)55(67-38-47-26-12-3-13-27-47)52(43-65-36-45-22-8-1-9-23-45)72-60(54)74-59-58(70-41-50-32-18-6-19-33-50)56(68-39-48-28-14-4-15-29-48)53(44-66-37-46-24-10-2-11-25-46)73-61(59)71-42-51-34-20-7-21-35-51/h1-35,52-61H,36-44H2/t52-,53-,54+,55-,56-,57-,58+,59-,60+,61-/m1/s1. The summed E-state index contributed by atoms with van der Waals surface area (Å²) in [6.45, 7) is 1.85. The minimum Gasteiger partial charge on any atom is -0.374 e. The summed E-state index contributed by atoms with van der Waals surface area (Å²) in [6, 6.07) is 68.2. The lowest BCUT2D eigenvalue weighted by molar-refractivity contribution is -0.368. The Morgan fingerprint density at radius 2 is 0.635 bits per heavy atom. The number of hydrogen-bond acceptors (Lipinski definition) is 11. The van der Waals surface area contributed by atoms with E-state index in [0.29, 0.717) is 13.2 Å². The molecule has 10 atom stereocenters. The van der Waals surface area contributed by atoms with Crippen LogP contribution >= 0.6 is 0 Å². The molecule has 2 fully saturated rings. The molecule has 0 aromatic heterocycles. The first-order valence-corrected chi connectivity index (χ1v) is 25.2. The molecular weight excluding hydrogens is 935 g/mol. The van der Waals surface area contributed by atoms with Gasteiger partial charge in [0.25, 0.3) is 0 Å². The second-order valence-electron chi connectivity index (χ2n) is 18.2. The van der Waals surface area contributed by atoms with E-state index in [-0.39, 0.29) is 46.2 Å². The van der Waals surface area contributed by atoms with Gasteiger partial charge in [-0.3, -0.25) is 0 Å². The van der Waals surface area contributed by atoms with Crippen LogP contribution in [0.5, 0.6) is 0 Å².